The molecular weight excluding hydrogens is 751 g/mol. The van der Waals surface area contributed by atoms with Gasteiger partial charge in [0.1, 0.15) is 36.0 Å². The number of carbonyl (C=O) groups excluding carboxylic acids is 2. The van der Waals surface area contributed by atoms with E-state index >= 15 is 9.59 Å². The molecule has 2 fully saturated rings. The number of likely N-dealkylation sites (tertiary alicyclic amines) is 1. The number of ketones is 2. The van der Waals surface area contributed by atoms with Crippen LogP contribution in [0.15, 0.2) is 76.8 Å². The van der Waals surface area contributed by atoms with Crippen LogP contribution in [0.5, 0.6) is 17.4 Å². The molecule has 4 aromatic rings. The van der Waals surface area contributed by atoms with Gasteiger partial charge in [0.25, 0.3) is 5.88 Å². The molecule has 2 heterocycles. The molecule has 5 atom stereocenters. The van der Waals surface area contributed by atoms with Crippen LogP contribution in [0.1, 0.15) is 103 Å². The Morgan fingerprint density at radius 1 is 0.983 bits per heavy atom. The lowest BCUT2D eigenvalue weighted by Gasteiger charge is -2.53. The van der Waals surface area contributed by atoms with Crippen molar-refractivity contribution in [3.8, 4) is 17.4 Å². The van der Waals surface area contributed by atoms with E-state index in [0.29, 0.717) is 23.5 Å². The Balaban J connectivity index is 1.30. The monoisotopic (exact) mass is 805 g/mol. The van der Waals surface area contributed by atoms with Gasteiger partial charge in [0.15, 0.2) is 19.7 Å². The van der Waals surface area contributed by atoms with Crippen molar-refractivity contribution < 1.29 is 37.9 Å². The number of carbonyl (C=O) groups is 2. The van der Waals surface area contributed by atoms with E-state index in [0.717, 1.165) is 48.2 Å². The number of Topliss-reactive ketones (excluding diaryl/α,β-unsaturated/α-hetero) is 2. The summed E-state index contributed by atoms with van der Waals surface area (Å²) in [4.78, 5) is 33.6. The van der Waals surface area contributed by atoms with Crippen molar-refractivity contribution in [3.63, 3.8) is 0 Å². The van der Waals surface area contributed by atoms with Gasteiger partial charge in [-0.1, -0.05) is 88.4 Å². The van der Waals surface area contributed by atoms with Crippen LogP contribution in [0.25, 0.3) is 5.76 Å². The minimum absolute atomic E-state index is 0.0109. The van der Waals surface area contributed by atoms with Crippen molar-refractivity contribution >= 4 is 25.6 Å². The lowest BCUT2D eigenvalue weighted by atomic mass is 9.57. The SMILES string of the molecule is CCN1CCC[C@H]1c1cc(OCc2ccccc2)c2c(c1OC)C[C@H]1C[C@H]3[C@H](N)c4onc(OCc5ccccc5)c4C(=O)C3(O[Si](C)(C)C(C)(C)C)C(=O)C1=C2O. The number of aliphatic hydroxyl groups is 1. The molecule has 3 aromatic carbocycles. The number of benzene rings is 3. The van der Waals surface area contributed by atoms with Crippen molar-refractivity contribution in [2.24, 2.45) is 17.6 Å². The molecule has 1 aliphatic heterocycles. The fraction of sp³-hybridized carbons (Fsp3) is 0.457. The van der Waals surface area contributed by atoms with E-state index in [2.05, 4.69) is 37.8 Å². The second-order valence-electron chi connectivity index (χ2n) is 17.7. The van der Waals surface area contributed by atoms with Gasteiger partial charge in [-0.15, -0.1) is 0 Å². The number of aliphatic hydroxyl groups excluding tert-OH is 1. The third-order valence-corrected chi connectivity index (χ3v) is 17.8. The third-order valence-electron chi connectivity index (χ3n) is 13.4. The van der Waals surface area contributed by atoms with Crippen LogP contribution in [0.2, 0.25) is 18.1 Å². The molecule has 0 amide bonds. The molecule has 1 saturated carbocycles. The number of methoxy groups -OCH3 is 1. The summed E-state index contributed by atoms with van der Waals surface area (Å²) in [5.74, 6) is -1.47. The van der Waals surface area contributed by atoms with Gasteiger partial charge in [0.05, 0.1) is 18.7 Å². The molecule has 11 nitrogen and oxygen atoms in total. The molecule has 12 heteroatoms. The molecule has 4 aliphatic rings. The number of hydrogen-bond acceptors (Lipinski definition) is 11. The Kier molecular flexibility index (Phi) is 10.4. The van der Waals surface area contributed by atoms with Gasteiger partial charge in [0.2, 0.25) is 11.6 Å². The number of fused-ring (bicyclic) bond motifs is 4. The molecule has 0 spiro atoms. The minimum atomic E-state index is -2.91. The smallest absolute Gasteiger partial charge is 0.265 e. The zero-order chi connectivity index (χ0) is 41.1. The van der Waals surface area contributed by atoms with Crippen LogP contribution < -0.4 is 19.9 Å². The zero-order valence-corrected chi connectivity index (χ0v) is 35.6. The first-order chi connectivity index (χ1) is 27.7. The fourth-order valence-electron chi connectivity index (χ4n) is 9.39. The number of aromatic nitrogens is 1. The molecule has 3 N–H and O–H groups in total. The second-order valence-corrected chi connectivity index (χ2v) is 22.4. The Labute approximate surface area is 341 Å². The highest BCUT2D eigenvalue weighted by Gasteiger charge is 2.68. The minimum Gasteiger partial charge on any atom is -0.507 e. The summed E-state index contributed by atoms with van der Waals surface area (Å²) in [6.45, 7) is 14.6. The highest BCUT2D eigenvalue weighted by Crippen LogP contribution is 2.59. The number of hydrogen-bond donors (Lipinski definition) is 2. The Morgan fingerprint density at radius 2 is 1.64 bits per heavy atom. The zero-order valence-electron chi connectivity index (χ0n) is 34.6. The maximum Gasteiger partial charge on any atom is 0.265 e. The van der Waals surface area contributed by atoms with E-state index in [1.807, 2.05) is 79.8 Å². The van der Waals surface area contributed by atoms with E-state index in [-0.39, 0.29) is 59.3 Å². The average molecular weight is 806 g/mol. The molecule has 0 radical (unpaired) electrons. The fourth-order valence-corrected chi connectivity index (χ4v) is 10.8. The van der Waals surface area contributed by atoms with E-state index in [1.54, 1.807) is 7.11 Å². The van der Waals surface area contributed by atoms with Crippen molar-refractivity contribution in [1.82, 2.24) is 10.1 Å². The van der Waals surface area contributed by atoms with Crippen molar-refractivity contribution in [1.29, 1.82) is 0 Å². The Morgan fingerprint density at radius 3 is 2.26 bits per heavy atom. The van der Waals surface area contributed by atoms with Crippen molar-refractivity contribution in [3.05, 3.63) is 111 Å². The normalized spacial score (nSPS) is 24.6. The first-order valence-corrected chi connectivity index (χ1v) is 23.4. The van der Waals surface area contributed by atoms with E-state index in [9.17, 15) is 5.11 Å². The van der Waals surface area contributed by atoms with E-state index in [4.69, 9.17) is 28.9 Å². The van der Waals surface area contributed by atoms with Crippen LogP contribution in [0.3, 0.4) is 0 Å². The lowest BCUT2D eigenvalue weighted by molar-refractivity contribution is -0.138. The molecule has 3 aliphatic carbocycles. The van der Waals surface area contributed by atoms with Crippen LogP contribution in [0, 0.1) is 11.8 Å². The van der Waals surface area contributed by atoms with Crippen LogP contribution in [-0.4, -0.2) is 60.8 Å². The highest BCUT2D eigenvalue weighted by atomic mass is 28.4. The lowest BCUT2D eigenvalue weighted by Crippen LogP contribution is -2.68. The summed E-state index contributed by atoms with van der Waals surface area (Å²) in [6.07, 6.45) is 2.64. The summed E-state index contributed by atoms with van der Waals surface area (Å²) >= 11 is 0. The van der Waals surface area contributed by atoms with Crippen molar-refractivity contribution in [2.75, 3.05) is 20.2 Å². The maximum absolute atomic E-state index is 15.8. The van der Waals surface area contributed by atoms with Gasteiger partial charge in [0, 0.05) is 28.7 Å². The van der Waals surface area contributed by atoms with Gasteiger partial charge in [-0.2, -0.15) is 0 Å². The molecule has 8 rings (SSSR count). The molecule has 0 bridgehead atoms. The van der Waals surface area contributed by atoms with Gasteiger partial charge in [-0.25, -0.2) is 0 Å². The van der Waals surface area contributed by atoms with Gasteiger partial charge in [-0.3, -0.25) is 14.5 Å². The number of rotatable bonds is 11. The van der Waals surface area contributed by atoms with Gasteiger partial charge < -0.3 is 34.0 Å². The van der Waals surface area contributed by atoms with Crippen LogP contribution in [0.4, 0.5) is 0 Å². The topological polar surface area (TPSA) is 147 Å². The van der Waals surface area contributed by atoms with Gasteiger partial charge >= 0.3 is 0 Å². The predicted molar refractivity (Wildman–Crippen MR) is 222 cm³/mol. The summed E-state index contributed by atoms with van der Waals surface area (Å²) in [6, 6.07) is 20.5. The van der Waals surface area contributed by atoms with E-state index in [1.165, 1.54) is 0 Å². The molecule has 306 valence electrons. The molecule has 58 heavy (non-hydrogen) atoms. The Hall–Kier alpha value is -4.75. The van der Waals surface area contributed by atoms with Gasteiger partial charge in [-0.05, 0) is 85.2 Å². The number of nitrogens with two attached hydrogens (primary N) is 1. The first-order valence-electron chi connectivity index (χ1n) is 20.5. The molecule has 1 unspecified atom stereocenters. The Bertz CT molecular complexity index is 2250. The maximum atomic E-state index is 15.8. The summed E-state index contributed by atoms with van der Waals surface area (Å²) in [5.41, 5.74) is 9.22. The molecular formula is C46H55N3O8Si. The molecule has 1 saturated heterocycles. The largest absolute Gasteiger partial charge is 0.507 e. The predicted octanol–water partition coefficient (Wildman–Crippen LogP) is 8.69. The molecule has 1 aromatic heterocycles. The van der Waals surface area contributed by atoms with Crippen LogP contribution in [-0.2, 0) is 28.9 Å². The van der Waals surface area contributed by atoms with Crippen molar-refractivity contribution in [2.45, 2.75) is 102 Å². The summed E-state index contributed by atoms with van der Waals surface area (Å²) in [5, 5.41) is 16.5. The van der Waals surface area contributed by atoms with E-state index < -0.39 is 43.4 Å². The summed E-state index contributed by atoms with van der Waals surface area (Å²) < 4.78 is 32.0. The number of nitrogens with zero attached hydrogens (tertiary/aromatic N) is 2. The number of ether oxygens (including phenoxy) is 3. The quantitative estimate of drug-likeness (QED) is 0.111. The van der Waals surface area contributed by atoms with Crippen LogP contribution >= 0.6 is 0 Å². The first kappa shape index (κ1) is 40.0. The standard InChI is InChI=1S/C46H55N3O8Si/c1-8-49-21-15-20-33(49)30-24-34(54-25-27-16-11-9-12-17-27)36-31(40(30)53-5)22-29-23-32-38(47)41-37(44(48-56-41)55-26-28-18-13-10-14-19-28)43(52)46(32,42(51)35(29)39(36)50)57-58(6,7)45(2,3)4/h9-14,16-19,24,29,32-33,38,50H,8,15,20-23,25-26,47H2,1-7H3/t29-,32-,33-,38-,46?/m0/s1. The summed E-state index contributed by atoms with van der Waals surface area (Å²) in [7, 11) is -1.25. The second kappa shape index (κ2) is 15.1. The average Bonchev–Trinajstić information content (AvgIpc) is 3.87. The highest BCUT2D eigenvalue weighted by molar-refractivity contribution is 6.74. The third kappa shape index (κ3) is 6.49.